The molecule has 3 aromatic heterocycles. The second-order valence-electron chi connectivity index (χ2n) is 8.97. The molecule has 1 aliphatic rings. The molecule has 0 radical (unpaired) electrons. The molecule has 4 aromatic rings. The van der Waals surface area contributed by atoms with Gasteiger partial charge in [-0.05, 0) is 54.1 Å². The largest absolute Gasteiger partial charge is 0.458 e. The third-order valence-corrected chi connectivity index (χ3v) is 7.21. The molecule has 186 valence electrons. The van der Waals surface area contributed by atoms with Gasteiger partial charge in [-0.1, -0.05) is 49.2 Å². The molecular formula is C26H28N6O3S. The Morgan fingerprint density at radius 1 is 1.14 bits per heavy atom. The molecular weight excluding hydrogens is 476 g/mol. The normalized spacial score (nSPS) is 14.6. The van der Waals surface area contributed by atoms with E-state index in [0.29, 0.717) is 11.6 Å². The van der Waals surface area contributed by atoms with E-state index in [9.17, 15) is 9.59 Å². The molecule has 1 fully saturated rings. The number of thiophene rings is 1. The first-order valence-electron chi connectivity index (χ1n) is 12.1. The SMILES string of the molecule is Cc1ccc(-c2nnn(CC(=O)N(Cc3ccccc3)[C@@H](C(=O)NC3CCCC3)c3cccs3)n2)o1. The summed E-state index contributed by atoms with van der Waals surface area (Å²) in [7, 11) is 0. The summed E-state index contributed by atoms with van der Waals surface area (Å²) in [6, 6.07) is 16.4. The molecule has 2 amide bonds. The standard InChI is InChI=1S/C26H28N6O3S/c1-18-13-14-21(35-18)25-28-30-32(29-25)17-23(33)31(16-19-8-3-2-4-9-19)24(22-12-7-15-36-22)26(34)27-20-10-5-6-11-20/h2-4,7-9,12-15,20,24H,5-6,10-11,16-17H2,1H3,(H,27,34)/t24-/m1/s1. The van der Waals surface area contributed by atoms with Crippen LogP contribution in [0.4, 0.5) is 0 Å². The van der Waals surface area contributed by atoms with Gasteiger partial charge in [0.25, 0.3) is 0 Å². The zero-order valence-electron chi connectivity index (χ0n) is 20.0. The lowest BCUT2D eigenvalue weighted by atomic mass is 10.1. The highest BCUT2D eigenvalue weighted by Gasteiger charge is 2.34. The van der Waals surface area contributed by atoms with Crippen molar-refractivity contribution in [3.8, 4) is 11.6 Å². The number of furan rings is 1. The molecule has 0 bridgehead atoms. The third kappa shape index (κ3) is 5.54. The van der Waals surface area contributed by atoms with Gasteiger partial charge in [0.05, 0.1) is 0 Å². The van der Waals surface area contributed by atoms with Gasteiger partial charge in [-0.3, -0.25) is 9.59 Å². The minimum absolute atomic E-state index is 0.143. The van der Waals surface area contributed by atoms with Crippen molar-refractivity contribution in [2.45, 2.75) is 57.8 Å². The minimum atomic E-state index is -0.756. The van der Waals surface area contributed by atoms with Gasteiger partial charge in [0.15, 0.2) is 5.76 Å². The van der Waals surface area contributed by atoms with Gasteiger partial charge in [0, 0.05) is 17.5 Å². The fraction of sp³-hybridized carbons (Fsp3) is 0.346. The Morgan fingerprint density at radius 3 is 2.64 bits per heavy atom. The molecule has 0 saturated heterocycles. The van der Waals surface area contributed by atoms with Gasteiger partial charge >= 0.3 is 0 Å². The molecule has 5 rings (SSSR count). The number of hydrogen-bond donors (Lipinski definition) is 1. The van der Waals surface area contributed by atoms with Gasteiger partial charge in [-0.15, -0.1) is 21.5 Å². The Hall–Kier alpha value is -3.79. The number of aromatic nitrogens is 4. The van der Waals surface area contributed by atoms with Gasteiger partial charge in [-0.2, -0.15) is 4.80 Å². The Labute approximate surface area is 213 Å². The van der Waals surface area contributed by atoms with E-state index in [2.05, 4.69) is 20.7 Å². The van der Waals surface area contributed by atoms with Crippen LogP contribution in [0.15, 0.2) is 64.4 Å². The van der Waals surface area contributed by atoms with Crippen molar-refractivity contribution in [3.63, 3.8) is 0 Å². The lowest BCUT2D eigenvalue weighted by Crippen LogP contribution is -2.46. The summed E-state index contributed by atoms with van der Waals surface area (Å²) in [6.45, 7) is 1.96. The number of amides is 2. The minimum Gasteiger partial charge on any atom is -0.458 e. The smallest absolute Gasteiger partial charge is 0.248 e. The highest BCUT2D eigenvalue weighted by Crippen LogP contribution is 2.29. The monoisotopic (exact) mass is 504 g/mol. The fourth-order valence-corrected chi connectivity index (χ4v) is 5.33. The fourth-order valence-electron chi connectivity index (χ4n) is 4.50. The van der Waals surface area contributed by atoms with E-state index >= 15 is 0 Å². The summed E-state index contributed by atoms with van der Waals surface area (Å²) in [4.78, 5) is 31.0. The van der Waals surface area contributed by atoms with Crippen LogP contribution in [0, 0.1) is 6.92 Å². The zero-order valence-corrected chi connectivity index (χ0v) is 20.9. The number of benzene rings is 1. The zero-order chi connectivity index (χ0) is 24.9. The number of carbonyl (C=O) groups is 2. The number of tetrazole rings is 1. The van der Waals surface area contributed by atoms with Crippen LogP contribution in [0.25, 0.3) is 11.6 Å². The molecule has 0 spiro atoms. The molecule has 1 atom stereocenters. The van der Waals surface area contributed by atoms with E-state index in [1.54, 1.807) is 11.0 Å². The van der Waals surface area contributed by atoms with E-state index in [1.807, 2.05) is 60.8 Å². The van der Waals surface area contributed by atoms with Crippen molar-refractivity contribution in [1.29, 1.82) is 0 Å². The highest BCUT2D eigenvalue weighted by molar-refractivity contribution is 7.10. The lowest BCUT2D eigenvalue weighted by molar-refractivity contribution is -0.142. The first-order valence-corrected chi connectivity index (χ1v) is 13.0. The summed E-state index contributed by atoms with van der Waals surface area (Å²) in [5, 5.41) is 17.5. The van der Waals surface area contributed by atoms with Gasteiger partial charge in [-0.25, -0.2) is 0 Å². The van der Waals surface area contributed by atoms with Crippen molar-refractivity contribution in [2.75, 3.05) is 0 Å². The second-order valence-corrected chi connectivity index (χ2v) is 9.95. The number of nitrogens with zero attached hydrogens (tertiary/aromatic N) is 5. The number of hydrogen-bond acceptors (Lipinski definition) is 7. The summed E-state index contributed by atoms with van der Waals surface area (Å²) in [6.07, 6.45) is 4.15. The predicted molar refractivity (Wildman–Crippen MR) is 135 cm³/mol. The van der Waals surface area contributed by atoms with Crippen molar-refractivity contribution >= 4 is 23.2 Å². The van der Waals surface area contributed by atoms with E-state index in [4.69, 9.17) is 4.42 Å². The van der Waals surface area contributed by atoms with Crippen LogP contribution >= 0.6 is 11.3 Å². The quantitative estimate of drug-likeness (QED) is 0.367. The van der Waals surface area contributed by atoms with Gasteiger partial charge in [0.1, 0.15) is 18.3 Å². The van der Waals surface area contributed by atoms with Gasteiger partial charge < -0.3 is 14.6 Å². The Morgan fingerprint density at radius 2 is 1.94 bits per heavy atom. The maximum atomic E-state index is 13.7. The van der Waals surface area contributed by atoms with Crippen LogP contribution in [0.2, 0.25) is 0 Å². The lowest BCUT2D eigenvalue weighted by Gasteiger charge is -2.31. The number of rotatable bonds is 9. The van der Waals surface area contributed by atoms with Crippen molar-refractivity contribution in [3.05, 3.63) is 76.2 Å². The number of aryl methyl sites for hydroxylation is 1. The van der Waals surface area contributed by atoms with Crippen LogP contribution in [0.3, 0.4) is 0 Å². The third-order valence-electron chi connectivity index (χ3n) is 6.28. The Balaban J connectivity index is 1.42. The molecule has 0 aliphatic heterocycles. The summed E-state index contributed by atoms with van der Waals surface area (Å²) in [5.41, 5.74) is 0.930. The topological polar surface area (TPSA) is 106 Å². The molecule has 3 heterocycles. The number of nitrogens with one attached hydrogen (secondary N) is 1. The van der Waals surface area contributed by atoms with Crippen LogP contribution < -0.4 is 5.32 Å². The molecule has 1 saturated carbocycles. The molecule has 1 N–H and O–H groups in total. The Bertz CT molecular complexity index is 1290. The van der Waals surface area contributed by atoms with Crippen LogP contribution in [0.1, 0.15) is 47.9 Å². The molecule has 36 heavy (non-hydrogen) atoms. The average molecular weight is 505 g/mol. The van der Waals surface area contributed by atoms with E-state index in [0.717, 1.165) is 41.9 Å². The molecule has 0 unspecified atom stereocenters. The van der Waals surface area contributed by atoms with Gasteiger partial charge in [0.2, 0.25) is 17.6 Å². The maximum absolute atomic E-state index is 13.7. The van der Waals surface area contributed by atoms with Crippen molar-refractivity contribution < 1.29 is 14.0 Å². The van der Waals surface area contributed by atoms with Crippen LogP contribution in [-0.4, -0.2) is 43.0 Å². The molecule has 10 heteroatoms. The average Bonchev–Trinajstić information content (AvgIpc) is 3.68. The highest BCUT2D eigenvalue weighted by atomic mass is 32.1. The van der Waals surface area contributed by atoms with Crippen molar-refractivity contribution in [1.82, 2.24) is 30.4 Å². The molecule has 1 aromatic carbocycles. The molecule has 1 aliphatic carbocycles. The first-order chi connectivity index (χ1) is 17.6. The predicted octanol–water partition coefficient (Wildman–Crippen LogP) is 4.13. The number of carbonyl (C=O) groups excluding carboxylic acids is 2. The van der Waals surface area contributed by atoms with Crippen LogP contribution in [0.5, 0.6) is 0 Å². The van der Waals surface area contributed by atoms with Crippen LogP contribution in [-0.2, 0) is 22.7 Å². The summed E-state index contributed by atoms with van der Waals surface area (Å²) in [5.74, 6) is 1.09. The van der Waals surface area contributed by atoms with E-state index in [1.165, 1.54) is 16.1 Å². The van der Waals surface area contributed by atoms with Crippen molar-refractivity contribution in [2.24, 2.45) is 0 Å². The van der Waals surface area contributed by atoms with E-state index in [-0.39, 0.29) is 30.9 Å². The molecule has 9 nitrogen and oxygen atoms in total. The first kappa shape index (κ1) is 23.9. The maximum Gasteiger partial charge on any atom is 0.248 e. The Kier molecular flexibility index (Phi) is 7.22. The second kappa shape index (κ2) is 10.9. The summed E-state index contributed by atoms with van der Waals surface area (Å²) < 4.78 is 5.57. The van der Waals surface area contributed by atoms with E-state index < -0.39 is 6.04 Å². The summed E-state index contributed by atoms with van der Waals surface area (Å²) >= 11 is 1.47.